The molecule has 0 aliphatic rings. The summed E-state index contributed by atoms with van der Waals surface area (Å²) >= 11 is 0. The number of aryl methyl sites for hydroxylation is 1. The summed E-state index contributed by atoms with van der Waals surface area (Å²) in [6.45, 7) is 9.01. The molecule has 0 atom stereocenters. The second kappa shape index (κ2) is 6.05. The lowest BCUT2D eigenvalue weighted by Gasteiger charge is -2.03. The Balaban J connectivity index is 3.03. The standard InChI is InChI=1S/C13H17NO4/c1-5-7-18-13(16)11-8(3)10(9(4)14-11)12(15)17-6-2/h5,14H,1,6-7H2,2-4H3. The number of hydrogen-bond acceptors (Lipinski definition) is 4. The van der Waals surface area contributed by atoms with E-state index in [4.69, 9.17) is 9.47 Å². The van der Waals surface area contributed by atoms with E-state index in [0.29, 0.717) is 23.4 Å². The fourth-order valence-electron chi connectivity index (χ4n) is 1.67. The summed E-state index contributed by atoms with van der Waals surface area (Å²) in [7, 11) is 0. The van der Waals surface area contributed by atoms with E-state index in [9.17, 15) is 9.59 Å². The molecule has 1 aromatic rings. The Morgan fingerprint density at radius 3 is 2.50 bits per heavy atom. The average Bonchev–Trinajstić information content (AvgIpc) is 2.62. The van der Waals surface area contributed by atoms with Crippen LogP contribution in [0, 0.1) is 13.8 Å². The van der Waals surface area contributed by atoms with Crippen LogP contribution in [0.15, 0.2) is 12.7 Å². The Morgan fingerprint density at radius 1 is 1.28 bits per heavy atom. The van der Waals surface area contributed by atoms with E-state index < -0.39 is 11.9 Å². The molecule has 0 aliphatic heterocycles. The minimum absolute atomic E-state index is 0.130. The van der Waals surface area contributed by atoms with E-state index in [1.54, 1.807) is 20.8 Å². The quantitative estimate of drug-likeness (QED) is 0.643. The first-order valence-electron chi connectivity index (χ1n) is 5.67. The van der Waals surface area contributed by atoms with Crippen LogP contribution in [0.2, 0.25) is 0 Å². The van der Waals surface area contributed by atoms with E-state index in [0.717, 1.165) is 0 Å². The lowest BCUT2D eigenvalue weighted by atomic mass is 10.1. The molecule has 1 rings (SSSR count). The number of carbonyl (C=O) groups is 2. The summed E-state index contributed by atoms with van der Waals surface area (Å²) < 4.78 is 9.86. The Morgan fingerprint density at radius 2 is 1.94 bits per heavy atom. The minimum atomic E-state index is -0.508. The van der Waals surface area contributed by atoms with Crippen molar-refractivity contribution >= 4 is 11.9 Å². The molecule has 0 amide bonds. The summed E-state index contributed by atoms with van der Waals surface area (Å²) in [4.78, 5) is 26.3. The summed E-state index contributed by atoms with van der Waals surface area (Å²) in [6.07, 6.45) is 1.48. The normalized spacial score (nSPS) is 9.94. The minimum Gasteiger partial charge on any atom is -0.462 e. The molecule has 0 saturated heterocycles. The van der Waals surface area contributed by atoms with Crippen molar-refractivity contribution in [2.24, 2.45) is 0 Å². The molecule has 0 fully saturated rings. The number of rotatable bonds is 5. The van der Waals surface area contributed by atoms with Gasteiger partial charge >= 0.3 is 11.9 Å². The van der Waals surface area contributed by atoms with Gasteiger partial charge in [-0.3, -0.25) is 0 Å². The number of hydrogen-bond donors (Lipinski definition) is 1. The van der Waals surface area contributed by atoms with Crippen LogP contribution in [0.25, 0.3) is 0 Å². The highest BCUT2D eigenvalue weighted by atomic mass is 16.5. The Labute approximate surface area is 106 Å². The third-order valence-electron chi connectivity index (χ3n) is 2.45. The third-order valence-corrected chi connectivity index (χ3v) is 2.45. The second-order valence-corrected chi connectivity index (χ2v) is 3.73. The zero-order chi connectivity index (χ0) is 13.7. The first-order chi connectivity index (χ1) is 8.52. The van der Waals surface area contributed by atoms with E-state index in [1.165, 1.54) is 6.08 Å². The summed E-state index contributed by atoms with van der Waals surface area (Å²) in [5.74, 6) is -0.947. The largest absolute Gasteiger partial charge is 0.462 e. The number of ether oxygens (including phenoxy) is 2. The predicted octanol–water partition coefficient (Wildman–Crippen LogP) is 2.15. The van der Waals surface area contributed by atoms with Crippen molar-refractivity contribution in [1.82, 2.24) is 4.98 Å². The first-order valence-corrected chi connectivity index (χ1v) is 5.67. The molecule has 0 radical (unpaired) electrons. The van der Waals surface area contributed by atoms with E-state index in [2.05, 4.69) is 11.6 Å². The third kappa shape index (κ3) is 2.80. The molecular formula is C13H17NO4. The second-order valence-electron chi connectivity index (χ2n) is 3.73. The summed E-state index contributed by atoms with van der Waals surface area (Å²) in [5.41, 5.74) is 1.80. The van der Waals surface area contributed by atoms with Gasteiger partial charge in [-0.05, 0) is 26.3 Å². The summed E-state index contributed by atoms with van der Waals surface area (Å²) in [6, 6.07) is 0. The maximum absolute atomic E-state index is 11.7. The van der Waals surface area contributed by atoms with Crippen molar-refractivity contribution in [3.05, 3.63) is 35.2 Å². The molecule has 0 aliphatic carbocycles. The Hall–Kier alpha value is -2.04. The highest BCUT2D eigenvalue weighted by molar-refractivity contribution is 5.98. The molecule has 5 heteroatoms. The smallest absolute Gasteiger partial charge is 0.355 e. The van der Waals surface area contributed by atoms with Crippen LogP contribution in [0.1, 0.15) is 39.0 Å². The molecule has 0 unspecified atom stereocenters. The van der Waals surface area contributed by atoms with Crippen molar-refractivity contribution in [1.29, 1.82) is 0 Å². The van der Waals surface area contributed by atoms with Crippen molar-refractivity contribution in [2.45, 2.75) is 20.8 Å². The van der Waals surface area contributed by atoms with Crippen molar-refractivity contribution in [2.75, 3.05) is 13.2 Å². The molecule has 1 N–H and O–H groups in total. The number of nitrogens with one attached hydrogen (secondary N) is 1. The number of aromatic amines is 1. The van der Waals surface area contributed by atoms with E-state index >= 15 is 0 Å². The average molecular weight is 251 g/mol. The van der Waals surface area contributed by atoms with E-state index in [1.807, 2.05) is 0 Å². The lowest BCUT2D eigenvalue weighted by molar-refractivity contribution is 0.0524. The van der Waals surface area contributed by atoms with Crippen LogP contribution in [0.4, 0.5) is 0 Å². The molecule has 98 valence electrons. The highest BCUT2D eigenvalue weighted by Crippen LogP contribution is 2.19. The van der Waals surface area contributed by atoms with Gasteiger partial charge in [0, 0.05) is 5.69 Å². The van der Waals surface area contributed by atoms with Gasteiger partial charge in [0.05, 0.1) is 12.2 Å². The molecule has 18 heavy (non-hydrogen) atoms. The van der Waals surface area contributed by atoms with Crippen molar-refractivity contribution in [3.8, 4) is 0 Å². The van der Waals surface area contributed by atoms with Gasteiger partial charge < -0.3 is 14.5 Å². The Kier molecular flexibility index (Phi) is 4.71. The van der Waals surface area contributed by atoms with Crippen LogP contribution in [0.5, 0.6) is 0 Å². The molecule has 1 aromatic heterocycles. The van der Waals surface area contributed by atoms with Crippen molar-refractivity contribution < 1.29 is 19.1 Å². The topological polar surface area (TPSA) is 68.4 Å². The lowest BCUT2D eigenvalue weighted by Crippen LogP contribution is -2.09. The molecule has 0 aromatic carbocycles. The maximum Gasteiger partial charge on any atom is 0.355 e. The van der Waals surface area contributed by atoms with Gasteiger partial charge in [0.2, 0.25) is 0 Å². The van der Waals surface area contributed by atoms with Gasteiger partial charge in [-0.25, -0.2) is 9.59 Å². The number of aromatic nitrogens is 1. The fraction of sp³-hybridized carbons (Fsp3) is 0.385. The molecule has 0 bridgehead atoms. The molecule has 0 spiro atoms. The highest BCUT2D eigenvalue weighted by Gasteiger charge is 2.23. The van der Waals surface area contributed by atoms with Gasteiger partial charge in [-0.15, -0.1) is 0 Å². The Bertz CT molecular complexity index is 474. The van der Waals surface area contributed by atoms with Crippen LogP contribution >= 0.6 is 0 Å². The SMILES string of the molecule is C=CCOC(=O)c1[nH]c(C)c(C(=O)OCC)c1C. The van der Waals surface area contributed by atoms with Crippen molar-refractivity contribution in [3.63, 3.8) is 0 Å². The summed E-state index contributed by atoms with van der Waals surface area (Å²) in [5, 5.41) is 0. The number of H-pyrrole nitrogens is 1. The molecule has 0 saturated carbocycles. The van der Waals surface area contributed by atoms with Crippen LogP contribution in [-0.2, 0) is 9.47 Å². The maximum atomic E-state index is 11.7. The van der Waals surface area contributed by atoms with Crippen LogP contribution in [0.3, 0.4) is 0 Å². The number of esters is 2. The number of carbonyl (C=O) groups excluding carboxylic acids is 2. The monoisotopic (exact) mass is 251 g/mol. The van der Waals surface area contributed by atoms with Gasteiger partial charge in [0.1, 0.15) is 12.3 Å². The first kappa shape index (κ1) is 14.0. The molecule has 1 heterocycles. The van der Waals surface area contributed by atoms with Crippen LogP contribution in [-0.4, -0.2) is 30.1 Å². The van der Waals surface area contributed by atoms with Gasteiger partial charge in [0.25, 0.3) is 0 Å². The fourth-order valence-corrected chi connectivity index (χ4v) is 1.67. The molecular weight excluding hydrogens is 234 g/mol. The van der Waals surface area contributed by atoms with Gasteiger partial charge in [-0.2, -0.15) is 0 Å². The van der Waals surface area contributed by atoms with E-state index in [-0.39, 0.29) is 12.3 Å². The predicted molar refractivity (Wildman–Crippen MR) is 66.7 cm³/mol. The molecule has 5 nitrogen and oxygen atoms in total. The van der Waals surface area contributed by atoms with Gasteiger partial charge in [-0.1, -0.05) is 12.7 Å². The zero-order valence-corrected chi connectivity index (χ0v) is 10.8. The van der Waals surface area contributed by atoms with Crippen LogP contribution < -0.4 is 0 Å². The van der Waals surface area contributed by atoms with Gasteiger partial charge in [0.15, 0.2) is 0 Å². The zero-order valence-electron chi connectivity index (χ0n) is 10.8.